The summed E-state index contributed by atoms with van der Waals surface area (Å²) < 4.78 is 7.24. The maximum Gasteiger partial charge on any atom is 0.246 e. The SMILES string of the molecule is Cn1cc(CC(=O)NCc2nc(-c3ccccc3)no2)c2ccccc21. The molecule has 0 spiro atoms. The molecule has 0 aliphatic carbocycles. The summed E-state index contributed by atoms with van der Waals surface area (Å²) in [6.07, 6.45) is 2.30. The average molecular weight is 346 g/mol. The summed E-state index contributed by atoms with van der Waals surface area (Å²) in [7, 11) is 1.98. The van der Waals surface area contributed by atoms with Gasteiger partial charge in [0.15, 0.2) is 0 Å². The largest absolute Gasteiger partial charge is 0.350 e. The summed E-state index contributed by atoms with van der Waals surface area (Å²) in [5.41, 5.74) is 2.99. The Labute approximate surface area is 150 Å². The second kappa shape index (κ2) is 6.84. The van der Waals surface area contributed by atoms with Crippen LogP contribution >= 0.6 is 0 Å². The summed E-state index contributed by atoms with van der Waals surface area (Å²) in [5, 5.41) is 7.89. The summed E-state index contributed by atoms with van der Waals surface area (Å²) in [4.78, 5) is 16.6. The number of para-hydroxylation sites is 1. The van der Waals surface area contributed by atoms with Crippen molar-refractivity contribution in [1.82, 2.24) is 20.0 Å². The fraction of sp³-hybridized carbons (Fsp3) is 0.150. The number of nitrogens with zero attached hydrogens (tertiary/aromatic N) is 3. The molecular formula is C20H18N4O2. The Bertz CT molecular complexity index is 1050. The van der Waals surface area contributed by atoms with Gasteiger partial charge in [0.05, 0.1) is 13.0 Å². The van der Waals surface area contributed by atoms with Gasteiger partial charge >= 0.3 is 0 Å². The van der Waals surface area contributed by atoms with E-state index < -0.39 is 0 Å². The lowest BCUT2D eigenvalue weighted by atomic mass is 10.1. The lowest BCUT2D eigenvalue weighted by Gasteiger charge is -2.01. The summed E-state index contributed by atoms with van der Waals surface area (Å²) in [6.45, 7) is 0.212. The van der Waals surface area contributed by atoms with Crippen LogP contribution in [0.3, 0.4) is 0 Å². The number of carbonyl (C=O) groups excluding carboxylic acids is 1. The fourth-order valence-corrected chi connectivity index (χ4v) is 3.01. The highest BCUT2D eigenvalue weighted by atomic mass is 16.5. The van der Waals surface area contributed by atoms with E-state index in [1.54, 1.807) is 0 Å². The van der Waals surface area contributed by atoms with Crippen molar-refractivity contribution < 1.29 is 9.32 Å². The van der Waals surface area contributed by atoms with Gasteiger partial charge < -0.3 is 14.4 Å². The van der Waals surface area contributed by atoms with Crippen molar-refractivity contribution in [2.75, 3.05) is 0 Å². The zero-order valence-electron chi connectivity index (χ0n) is 14.3. The molecular weight excluding hydrogens is 328 g/mol. The molecule has 6 heteroatoms. The van der Waals surface area contributed by atoms with E-state index in [0.29, 0.717) is 18.1 Å². The number of amides is 1. The van der Waals surface area contributed by atoms with Gasteiger partial charge in [-0.05, 0) is 11.6 Å². The molecule has 2 heterocycles. The fourth-order valence-electron chi connectivity index (χ4n) is 3.01. The molecule has 6 nitrogen and oxygen atoms in total. The number of carbonyl (C=O) groups is 1. The first-order chi connectivity index (χ1) is 12.7. The van der Waals surface area contributed by atoms with E-state index >= 15 is 0 Å². The van der Waals surface area contributed by atoms with Crippen LogP contribution in [0.25, 0.3) is 22.3 Å². The molecule has 2 aromatic heterocycles. The van der Waals surface area contributed by atoms with Crippen molar-refractivity contribution in [3.8, 4) is 11.4 Å². The van der Waals surface area contributed by atoms with Crippen molar-refractivity contribution in [1.29, 1.82) is 0 Å². The van der Waals surface area contributed by atoms with Gasteiger partial charge in [-0.15, -0.1) is 0 Å². The van der Waals surface area contributed by atoms with Gasteiger partial charge in [0.25, 0.3) is 0 Å². The van der Waals surface area contributed by atoms with E-state index in [2.05, 4.69) is 15.5 Å². The number of hydrogen-bond acceptors (Lipinski definition) is 4. The number of benzene rings is 2. The van der Waals surface area contributed by atoms with Gasteiger partial charge in [-0.2, -0.15) is 4.98 Å². The molecule has 0 radical (unpaired) electrons. The third-order valence-electron chi connectivity index (χ3n) is 4.27. The topological polar surface area (TPSA) is 73.0 Å². The van der Waals surface area contributed by atoms with Gasteiger partial charge in [0, 0.05) is 29.7 Å². The average Bonchev–Trinajstić information content (AvgIpc) is 3.27. The second-order valence-corrected chi connectivity index (χ2v) is 6.11. The lowest BCUT2D eigenvalue weighted by Crippen LogP contribution is -2.24. The van der Waals surface area contributed by atoms with Crippen LogP contribution in [0.15, 0.2) is 65.3 Å². The Morgan fingerprint density at radius 1 is 1.12 bits per heavy atom. The number of aromatic nitrogens is 3. The Kier molecular flexibility index (Phi) is 4.23. The minimum Gasteiger partial charge on any atom is -0.350 e. The molecule has 0 unspecified atom stereocenters. The normalized spacial score (nSPS) is 11.0. The molecule has 4 aromatic rings. The van der Waals surface area contributed by atoms with Crippen molar-refractivity contribution >= 4 is 16.8 Å². The summed E-state index contributed by atoms with van der Waals surface area (Å²) in [5.74, 6) is 0.819. The minimum atomic E-state index is -0.0826. The third kappa shape index (κ3) is 3.21. The number of aryl methyl sites for hydroxylation is 1. The first-order valence-corrected chi connectivity index (χ1v) is 8.38. The monoisotopic (exact) mass is 346 g/mol. The number of hydrogen-bond donors (Lipinski definition) is 1. The molecule has 0 aliphatic heterocycles. The number of nitrogens with one attached hydrogen (secondary N) is 1. The molecule has 26 heavy (non-hydrogen) atoms. The predicted molar refractivity (Wildman–Crippen MR) is 98.2 cm³/mol. The third-order valence-corrected chi connectivity index (χ3v) is 4.27. The zero-order valence-corrected chi connectivity index (χ0v) is 14.3. The van der Waals surface area contributed by atoms with Crippen LogP contribution in [0, 0.1) is 0 Å². The van der Waals surface area contributed by atoms with E-state index in [9.17, 15) is 4.79 Å². The van der Waals surface area contributed by atoms with Crippen LogP contribution in [0.2, 0.25) is 0 Å². The van der Waals surface area contributed by atoms with Crippen molar-refractivity contribution in [3.63, 3.8) is 0 Å². The highest BCUT2D eigenvalue weighted by molar-refractivity contribution is 5.89. The first kappa shape index (κ1) is 16.1. The van der Waals surface area contributed by atoms with Crippen molar-refractivity contribution in [3.05, 3.63) is 72.2 Å². The molecule has 2 aromatic carbocycles. The highest BCUT2D eigenvalue weighted by Crippen LogP contribution is 2.20. The molecule has 1 amide bonds. The maximum atomic E-state index is 12.3. The maximum absolute atomic E-state index is 12.3. The van der Waals surface area contributed by atoms with Crippen LogP contribution in [-0.2, 0) is 24.8 Å². The molecule has 0 aliphatic rings. The van der Waals surface area contributed by atoms with Gasteiger partial charge in [-0.1, -0.05) is 53.7 Å². The minimum absolute atomic E-state index is 0.0826. The highest BCUT2D eigenvalue weighted by Gasteiger charge is 2.12. The Hall–Kier alpha value is -3.41. The summed E-state index contributed by atoms with van der Waals surface area (Å²) in [6, 6.07) is 17.6. The van der Waals surface area contributed by atoms with Gasteiger partial charge in [0.2, 0.25) is 17.6 Å². The van der Waals surface area contributed by atoms with Crippen molar-refractivity contribution in [2.24, 2.45) is 7.05 Å². The van der Waals surface area contributed by atoms with Crippen LogP contribution < -0.4 is 5.32 Å². The smallest absolute Gasteiger partial charge is 0.246 e. The van der Waals surface area contributed by atoms with E-state index in [-0.39, 0.29) is 12.5 Å². The Balaban J connectivity index is 1.41. The van der Waals surface area contributed by atoms with Gasteiger partial charge in [0.1, 0.15) is 0 Å². The molecule has 4 rings (SSSR count). The predicted octanol–water partition coefficient (Wildman–Crippen LogP) is 3.09. The Morgan fingerprint density at radius 3 is 2.73 bits per heavy atom. The zero-order chi connectivity index (χ0) is 17.9. The standard InChI is InChI=1S/C20H18N4O2/c1-24-13-15(16-9-5-6-10-17(16)24)11-18(25)21-12-19-22-20(23-26-19)14-7-3-2-4-8-14/h2-10,13H,11-12H2,1H3,(H,21,25). The van der Waals surface area contributed by atoms with Crippen LogP contribution in [0.4, 0.5) is 0 Å². The molecule has 130 valence electrons. The van der Waals surface area contributed by atoms with Crippen LogP contribution in [0.5, 0.6) is 0 Å². The van der Waals surface area contributed by atoms with Gasteiger partial charge in [-0.3, -0.25) is 4.79 Å². The van der Waals surface area contributed by atoms with E-state index in [4.69, 9.17) is 4.52 Å². The number of rotatable bonds is 5. The lowest BCUT2D eigenvalue weighted by molar-refractivity contribution is -0.120. The van der Waals surface area contributed by atoms with E-state index in [1.165, 1.54) is 0 Å². The summed E-state index contributed by atoms with van der Waals surface area (Å²) >= 11 is 0. The molecule has 0 bridgehead atoms. The Morgan fingerprint density at radius 2 is 1.88 bits per heavy atom. The van der Waals surface area contributed by atoms with Crippen LogP contribution in [-0.4, -0.2) is 20.6 Å². The molecule has 0 saturated carbocycles. The number of fused-ring (bicyclic) bond motifs is 1. The quantitative estimate of drug-likeness (QED) is 0.603. The first-order valence-electron chi connectivity index (χ1n) is 8.38. The van der Waals surface area contributed by atoms with E-state index in [1.807, 2.05) is 72.4 Å². The molecule has 0 atom stereocenters. The molecule has 1 N–H and O–H groups in total. The van der Waals surface area contributed by atoms with E-state index in [0.717, 1.165) is 22.0 Å². The van der Waals surface area contributed by atoms with Crippen LogP contribution in [0.1, 0.15) is 11.5 Å². The molecule has 0 fully saturated rings. The van der Waals surface area contributed by atoms with Crippen molar-refractivity contribution in [2.45, 2.75) is 13.0 Å². The second-order valence-electron chi connectivity index (χ2n) is 6.11. The molecule has 0 saturated heterocycles. The van der Waals surface area contributed by atoms with Gasteiger partial charge in [-0.25, -0.2) is 0 Å².